The van der Waals surface area contributed by atoms with Crippen LogP contribution in [0, 0.1) is 5.92 Å². The topological polar surface area (TPSA) is 97.6 Å². The van der Waals surface area contributed by atoms with E-state index in [9.17, 15) is 4.79 Å². The molecular weight excluding hydrogens is 360 g/mol. The van der Waals surface area contributed by atoms with Crippen molar-refractivity contribution in [3.05, 3.63) is 24.3 Å². The van der Waals surface area contributed by atoms with Crippen molar-refractivity contribution < 1.29 is 14.3 Å². The van der Waals surface area contributed by atoms with Crippen LogP contribution in [0.3, 0.4) is 0 Å². The number of rotatable bonds is 4. The molecule has 1 N–H and O–H groups in total. The summed E-state index contributed by atoms with van der Waals surface area (Å²) in [5.74, 6) is 1.51. The number of aromatic amines is 1. The minimum atomic E-state index is -0.267. The van der Waals surface area contributed by atoms with Crippen molar-refractivity contribution >= 4 is 22.9 Å². The Morgan fingerprint density at radius 1 is 1.39 bits per heavy atom. The van der Waals surface area contributed by atoms with Gasteiger partial charge in [-0.3, -0.25) is 4.40 Å². The molecule has 2 aliphatic rings. The molecular formula is C19H24N6O3. The molecule has 148 valence electrons. The van der Waals surface area contributed by atoms with Crippen LogP contribution in [0.4, 0.5) is 4.79 Å². The zero-order valence-corrected chi connectivity index (χ0v) is 16.0. The van der Waals surface area contributed by atoms with E-state index in [4.69, 9.17) is 9.47 Å². The summed E-state index contributed by atoms with van der Waals surface area (Å²) in [6.07, 6.45) is 5.84. The molecule has 0 aromatic carbocycles. The fraction of sp³-hybridized carbons (Fsp3) is 0.579. The Hall–Kier alpha value is -2.68. The summed E-state index contributed by atoms with van der Waals surface area (Å²) in [4.78, 5) is 21.7. The first-order valence-electron chi connectivity index (χ1n) is 9.84. The first-order chi connectivity index (χ1) is 13.7. The number of nitrogens with zero attached hydrogens (tertiary/aromatic N) is 5. The third-order valence-corrected chi connectivity index (χ3v) is 6.20. The molecule has 4 heterocycles. The summed E-state index contributed by atoms with van der Waals surface area (Å²) >= 11 is 0. The first-order valence-corrected chi connectivity index (χ1v) is 9.84. The van der Waals surface area contributed by atoms with Gasteiger partial charge in [-0.2, -0.15) is 0 Å². The first kappa shape index (κ1) is 17.4. The van der Waals surface area contributed by atoms with E-state index in [-0.39, 0.29) is 24.2 Å². The van der Waals surface area contributed by atoms with Crippen molar-refractivity contribution in [2.45, 2.75) is 44.2 Å². The number of fused-ring (bicyclic) bond motifs is 3. The number of nitrogens with one attached hydrogen (secondary N) is 1. The maximum Gasteiger partial charge on any atom is 0.410 e. The molecule has 3 aromatic rings. The third-order valence-electron chi connectivity index (χ3n) is 6.20. The highest BCUT2D eigenvalue weighted by molar-refractivity contribution is 5.74. The predicted molar refractivity (Wildman–Crippen MR) is 101 cm³/mol. The average molecular weight is 384 g/mol. The number of hydrogen-bond donors (Lipinski definition) is 1. The van der Waals surface area contributed by atoms with Gasteiger partial charge in [0.2, 0.25) is 0 Å². The lowest BCUT2D eigenvalue weighted by Gasteiger charge is -2.34. The van der Waals surface area contributed by atoms with E-state index in [0.717, 1.165) is 41.9 Å². The minimum Gasteiger partial charge on any atom is -0.446 e. The summed E-state index contributed by atoms with van der Waals surface area (Å²) in [7, 11) is 1.78. The molecule has 9 nitrogen and oxygen atoms in total. The Morgan fingerprint density at radius 3 is 3.00 bits per heavy atom. The number of likely N-dealkylation sites (N-methyl/N-ethyl adjacent to an activating group) is 1. The van der Waals surface area contributed by atoms with Crippen LogP contribution in [0.2, 0.25) is 0 Å². The Morgan fingerprint density at radius 2 is 2.25 bits per heavy atom. The summed E-state index contributed by atoms with van der Waals surface area (Å²) in [6, 6.07) is 2.12. The van der Waals surface area contributed by atoms with Crippen molar-refractivity contribution in [3.63, 3.8) is 0 Å². The van der Waals surface area contributed by atoms with Crippen LogP contribution >= 0.6 is 0 Å². The molecule has 9 heteroatoms. The Kier molecular flexibility index (Phi) is 4.19. The van der Waals surface area contributed by atoms with Crippen LogP contribution in [-0.2, 0) is 9.47 Å². The second kappa shape index (κ2) is 6.73. The van der Waals surface area contributed by atoms with Crippen molar-refractivity contribution in [1.82, 2.24) is 29.5 Å². The lowest BCUT2D eigenvalue weighted by molar-refractivity contribution is -0.0565. The molecule has 3 atom stereocenters. The number of amides is 1. The molecule has 1 saturated heterocycles. The second-order valence-corrected chi connectivity index (χ2v) is 7.78. The lowest BCUT2D eigenvalue weighted by atomic mass is 9.93. The molecule has 1 aliphatic carbocycles. The van der Waals surface area contributed by atoms with Gasteiger partial charge in [-0.1, -0.05) is 13.3 Å². The highest BCUT2D eigenvalue weighted by Gasteiger charge is 2.40. The predicted octanol–water partition coefficient (Wildman–Crippen LogP) is 2.34. The van der Waals surface area contributed by atoms with Crippen molar-refractivity contribution in [2.75, 3.05) is 20.3 Å². The molecule has 28 heavy (non-hydrogen) atoms. The van der Waals surface area contributed by atoms with Crippen molar-refractivity contribution in [1.29, 1.82) is 0 Å². The Bertz CT molecular complexity index is 1010. The smallest absolute Gasteiger partial charge is 0.410 e. The van der Waals surface area contributed by atoms with Gasteiger partial charge in [0.05, 0.1) is 31.0 Å². The van der Waals surface area contributed by atoms with E-state index in [1.165, 1.54) is 0 Å². The molecule has 0 spiro atoms. The zero-order valence-electron chi connectivity index (χ0n) is 16.0. The summed E-state index contributed by atoms with van der Waals surface area (Å²) in [5, 5.41) is 8.82. The standard InChI is InChI=1S/C19H24N6O3/c1-3-11-6-13(28-19(26)24(2)12-9-27-10-12)7-14(11)18-23-22-16-8-21-17-15(25(16)18)4-5-20-17/h4-5,8,11-14,20H,3,6-7,9-10H2,1-2H3/t11-,13+,14+/m1/s1. The molecule has 1 amide bonds. The highest BCUT2D eigenvalue weighted by Crippen LogP contribution is 2.42. The number of hydrogen-bond acceptors (Lipinski definition) is 6. The number of ether oxygens (including phenoxy) is 2. The van der Waals surface area contributed by atoms with Crippen LogP contribution in [0.5, 0.6) is 0 Å². The van der Waals surface area contributed by atoms with Gasteiger partial charge >= 0.3 is 6.09 Å². The van der Waals surface area contributed by atoms with Crippen LogP contribution in [0.15, 0.2) is 18.5 Å². The lowest BCUT2D eigenvalue weighted by Crippen LogP contribution is -2.50. The molecule has 0 bridgehead atoms. The molecule has 1 saturated carbocycles. The SMILES string of the molecule is CC[C@@H]1C[C@H](OC(=O)N(C)C2COC2)C[C@@H]1c1nnc2cnc3[nH]ccc3n12. The molecule has 5 rings (SSSR count). The summed E-state index contributed by atoms with van der Waals surface area (Å²) in [6.45, 7) is 3.35. The van der Waals surface area contributed by atoms with Gasteiger partial charge in [-0.15, -0.1) is 10.2 Å². The van der Waals surface area contributed by atoms with Gasteiger partial charge < -0.3 is 19.4 Å². The molecule has 0 unspecified atom stereocenters. The van der Waals surface area contributed by atoms with Crippen LogP contribution in [-0.4, -0.2) is 68.0 Å². The normalized spacial score (nSPS) is 25.3. The fourth-order valence-electron chi connectivity index (χ4n) is 4.40. The van der Waals surface area contributed by atoms with Crippen LogP contribution in [0.25, 0.3) is 16.8 Å². The summed E-state index contributed by atoms with van der Waals surface area (Å²) in [5.41, 5.74) is 2.52. The maximum atomic E-state index is 12.5. The van der Waals surface area contributed by atoms with Crippen LogP contribution in [0.1, 0.15) is 37.9 Å². The molecule has 0 radical (unpaired) electrons. The minimum absolute atomic E-state index is 0.109. The van der Waals surface area contributed by atoms with E-state index in [1.807, 2.05) is 12.3 Å². The largest absolute Gasteiger partial charge is 0.446 e. The number of carbonyl (C=O) groups excluding carboxylic acids is 1. The van der Waals surface area contributed by atoms with Gasteiger partial charge in [-0.25, -0.2) is 9.78 Å². The summed E-state index contributed by atoms with van der Waals surface area (Å²) < 4.78 is 13.1. The molecule has 1 aliphatic heterocycles. The van der Waals surface area contributed by atoms with E-state index in [0.29, 0.717) is 19.1 Å². The second-order valence-electron chi connectivity index (χ2n) is 7.78. The Labute approximate surface area is 162 Å². The molecule has 3 aromatic heterocycles. The van der Waals surface area contributed by atoms with Gasteiger partial charge in [0.25, 0.3) is 0 Å². The van der Waals surface area contributed by atoms with E-state index in [2.05, 4.69) is 31.5 Å². The van der Waals surface area contributed by atoms with E-state index < -0.39 is 0 Å². The van der Waals surface area contributed by atoms with Gasteiger partial charge in [0, 0.05) is 19.2 Å². The highest BCUT2D eigenvalue weighted by atomic mass is 16.6. The number of aromatic nitrogens is 5. The molecule has 2 fully saturated rings. The number of H-pyrrole nitrogens is 1. The quantitative estimate of drug-likeness (QED) is 0.741. The third kappa shape index (κ3) is 2.72. The zero-order chi connectivity index (χ0) is 19.3. The van der Waals surface area contributed by atoms with Gasteiger partial charge in [-0.05, 0) is 24.8 Å². The average Bonchev–Trinajstić information content (AvgIpc) is 3.36. The van der Waals surface area contributed by atoms with Crippen molar-refractivity contribution in [3.8, 4) is 0 Å². The fourth-order valence-corrected chi connectivity index (χ4v) is 4.40. The van der Waals surface area contributed by atoms with Gasteiger partial charge in [0.1, 0.15) is 11.9 Å². The van der Waals surface area contributed by atoms with E-state index in [1.54, 1.807) is 18.1 Å². The Balaban J connectivity index is 1.40. The number of carbonyl (C=O) groups is 1. The van der Waals surface area contributed by atoms with E-state index >= 15 is 0 Å². The van der Waals surface area contributed by atoms with Gasteiger partial charge in [0.15, 0.2) is 11.3 Å². The maximum absolute atomic E-state index is 12.5. The van der Waals surface area contributed by atoms with Crippen LogP contribution < -0.4 is 0 Å². The van der Waals surface area contributed by atoms with Crippen molar-refractivity contribution in [2.24, 2.45) is 5.92 Å². The monoisotopic (exact) mass is 384 g/mol.